The van der Waals surface area contributed by atoms with Crippen LogP contribution < -0.4 is 10.1 Å². The highest BCUT2D eigenvalue weighted by Gasteiger charge is 2.31. The van der Waals surface area contributed by atoms with E-state index < -0.39 is 6.36 Å². The van der Waals surface area contributed by atoms with Crippen LogP contribution in [-0.2, 0) is 0 Å². The Morgan fingerprint density at radius 3 is 2.64 bits per heavy atom. The van der Waals surface area contributed by atoms with Crippen molar-refractivity contribution < 1.29 is 23.0 Å². The van der Waals surface area contributed by atoms with Gasteiger partial charge in [-0.2, -0.15) is 0 Å². The summed E-state index contributed by atoms with van der Waals surface area (Å²) < 4.78 is 41.1. The third kappa shape index (κ3) is 5.15. The van der Waals surface area contributed by atoms with Crippen molar-refractivity contribution in [3.63, 3.8) is 0 Å². The highest BCUT2D eigenvalue weighted by atomic mass is 19.4. The predicted octanol–water partition coefficient (Wildman–Crippen LogP) is 2.30. The van der Waals surface area contributed by atoms with E-state index in [-0.39, 0.29) is 18.4 Å². The molecule has 1 saturated heterocycles. The van der Waals surface area contributed by atoms with E-state index in [1.54, 1.807) is 6.07 Å². The number of aliphatic hydroxyl groups is 1. The van der Waals surface area contributed by atoms with E-state index in [0.29, 0.717) is 12.8 Å². The van der Waals surface area contributed by atoms with Crippen LogP contribution in [-0.4, -0.2) is 49.2 Å². The number of hydrogen-bond donors (Lipinski definition) is 2. The number of hydrogen-bond acceptors (Lipinski definition) is 4. The third-order valence-corrected chi connectivity index (χ3v) is 3.70. The maximum absolute atomic E-state index is 12.4. The summed E-state index contributed by atoms with van der Waals surface area (Å²) in [6, 6.07) is 6.12. The monoisotopic (exact) mass is 318 g/mol. The molecule has 0 unspecified atom stereocenters. The van der Waals surface area contributed by atoms with E-state index in [9.17, 15) is 13.2 Å². The van der Waals surface area contributed by atoms with Crippen LogP contribution in [0.5, 0.6) is 5.75 Å². The van der Waals surface area contributed by atoms with Gasteiger partial charge in [0, 0.05) is 38.8 Å². The fourth-order valence-electron chi connectivity index (χ4n) is 2.76. The van der Waals surface area contributed by atoms with Crippen LogP contribution in [0.4, 0.5) is 13.2 Å². The molecule has 0 saturated carbocycles. The second-order valence-corrected chi connectivity index (χ2v) is 5.29. The van der Waals surface area contributed by atoms with Gasteiger partial charge in [-0.05, 0) is 30.5 Å². The second-order valence-electron chi connectivity index (χ2n) is 5.29. The number of aliphatic hydroxyl groups excluding tert-OH is 1. The second kappa shape index (κ2) is 7.80. The van der Waals surface area contributed by atoms with Gasteiger partial charge in [0.15, 0.2) is 0 Å². The number of benzene rings is 1. The van der Waals surface area contributed by atoms with Gasteiger partial charge >= 0.3 is 6.36 Å². The molecule has 1 aliphatic heterocycles. The van der Waals surface area contributed by atoms with Gasteiger partial charge in [0.2, 0.25) is 0 Å². The summed E-state index contributed by atoms with van der Waals surface area (Å²) in [5.74, 6) is -0.200. The van der Waals surface area contributed by atoms with Crippen molar-refractivity contribution >= 4 is 0 Å². The van der Waals surface area contributed by atoms with E-state index >= 15 is 0 Å². The highest BCUT2D eigenvalue weighted by molar-refractivity contribution is 5.31. The van der Waals surface area contributed by atoms with Gasteiger partial charge in [0.1, 0.15) is 5.75 Å². The van der Waals surface area contributed by atoms with Gasteiger partial charge in [-0.1, -0.05) is 12.1 Å². The van der Waals surface area contributed by atoms with Crippen molar-refractivity contribution in [3.8, 4) is 5.75 Å². The largest absolute Gasteiger partial charge is 0.573 e. The standard InChI is InChI=1S/C15H21F3N2O2/c16-15(17,18)22-13-4-1-3-12(11-13)14(5-2-10-21)20-8-6-19-7-9-20/h1,3-4,11,14,19,21H,2,5-10H2/t14-/m0/s1. The van der Waals surface area contributed by atoms with Gasteiger partial charge in [-0.3, -0.25) is 4.90 Å². The maximum Gasteiger partial charge on any atom is 0.573 e. The van der Waals surface area contributed by atoms with Crippen LogP contribution in [0.3, 0.4) is 0 Å². The van der Waals surface area contributed by atoms with Crippen molar-refractivity contribution in [2.75, 3.05) is 32.8 Å². The molecule has 1 aliphatic rings. The first kappa shape index (κ1) is 17.1. The summed E-state index contributed by atoms with van der Waals surface area (Å²) >= 11 is 0. The van der Waals surface area contributed by atoms with Gasteiger partial charge in [-0.25, -0.2) is 0 Å². The molecule has 0 aromatic heterocycles. The maximum atomic E-state index is 12.4. The molecule has 1 atom stereocenters. The molecule has 0 aliphatic carbocycles. The van der Waals surface area contributed by atoms with Gasteiger partial charge in [-0.15, -0.1) is 13.2 Å². The molecule has 22 heavy (non-hydrogen) atoms. The molecule has 1 heterocycles. The molecule has 0 bridgehead atoms. The molecule has 4 nitrogen and oxygen atoms in total. The van der Waals surface area contributed by atoms with Crippen LogP contribution in [0, 0.1) is 0 Å². The van der Waals surface area contributed by atoms with E-state index in [1.807, 2.05) is 6.07 Å². The zero-order valence-electron chi connectivity index (χ0n) is 12.3. The Morgan fingerprint density at radius 1 is 1.27 bits per heavy atom. The molecule has 1 aromatic rings. The Hall–Kier alpha value is -1.31. The Bertz CT molecular complexity index is 462. The lowest BCUT2D eigenvalue weighted by Crippen LogP contribution is -2.45. The average Bonchev–Trinajstić information content (AvgIpc) is 2.47. The van der Waals surface area contributed by atoms with E-state index in [0.717, 1.165) is 31.7 Å². The van der Waals surface area contributed by atoms with Crippen LogP contribution >= 0.6 is 0 Å². The molecular weight excluding hydrogens is 297 g/mol. The quantitative estimate of drug-likeness (QED) is 0.845. The minimum absolute atomic E-state index is 0.00830. The Balaban J connectivity index is 2.16. The van der Waals surface area contributed by atoms with Crippen molar-refractivity contribution in [2.45, 2.75) is 25.2 Å². The molecule has 1 fully saturated rings. The summed E-state index contributed by atoms with van der Waals surface area (Å²) in [4.78, 5) is 2.23. The lowest BCUT2D eigenvalue weighted by molar-refractivity contribution is -0.274. The fraction of sp³-hybridized carbons (Fsp3) is 0.600. The minimum Gasteiger partial charge on any atom is -0.406 e. The summed E-state index contributed by atoms with van der Waals surface area (Å²) in [5, 5.41) is 12.3. The Labute approximate surface area is 127 Å². The number of piperazine rings is 1. The normalized spacial score (nSPS) is 18.2. The highest BCUT2D eigenvalue weighted by Crippen LogP contribution is 2.30. The number of rotatable bonds is 6. The summed E-state index contributed by atoms with van der Waals surface area (Å²) in [5.41, 5.74) is 0.789. The molecule has 7 heteroatoms. The third-order valence-electron chi connectivity index (χ3n) is 3.70. The topological polar surface area (TPSA) is 44.7 Å². The first-order valence-electron chi connectivity index (χ1n) is 7.41. The Kier molecular flexibility index (Phi) is 6.05. The van der Waals surface area contributed by atoms with Crippen LogP contribution in [0.1, 0.15) is 24.4 Å². The number of ether oxygens (including phenoxy) is 1. The van der Waals surface area contributed by atoms with Crippen LogP contribution in [0.2, 0.25) is 0 Å². The lowest BCUT2D eigenvalue weighted by atomic mass is 9.99. The molecule has 0 radical (unpaired) electrons. The number of nitrogens with one attached hydrogen (secondary N) is 1. The molecule has 2 rings (SSSR count). The van der Waals surface area contributed by atoms with Crippen molar-refractivity contribution in [1.29, 1.82) is 0 Å². The smallest absolute Gasteiger partial charge is 0.406 e. The summed E-state index contributed by atoms with van der Waals surface area (Å²) in [6.45, 7) is 3.45. The van der Waals surface area contributed by atoms with Gasteiger partial charge < -0.3 is 15.2 Å². The van der Waals surface area contributed by atoms with E-state index in [2.05, 4.69) is 15.0 Å². The number of nitrogens with zero attached hydrogens (tertiary/aromatic N) is 1. The SMILES string of the molecule is OCCC[C@@H](c1cccc(OC(F)(F)F)c1)N1CCNCC1. The molecule has 1 aromatic carbocycles. The first-order valence-corrected chi connectivity index (χ1v) is 7.41. The molecule has 0 amide bonds. The molecular formula is C15H21F3N2O2. The fourth-order valence-corrected chi connectivity index (χ4v) is 2.76. The van der Waals surface area contributed by atoms with Crippen molar-refractivity contribution in [2.24, 2.45) is 0 Å². The number of halogens is 3. The summed E-state index contributed by atoms with van der Waals surface area (Å²) in [7, 11) is 0. The van der Waals surface area contributed by atoms with Crippen molar-refractivity contribution in [1.82, 2.24) is 10.2 Å². The van der Waals surface area contributed by atoms with E-state index in [4.69, 9.17) is 5.11 Å². The predicted molar refractivity (Wildman–Crippen MR) is 76.6 cm³/mol. The Morgan fingerprint density at radius 2 is 2.00 bits per heavy atom. The molecule has 2 N–H and O–H groups in total. The zero-order valence-corrected chi connectivity index (χ0v) is 12.3. The zero-order chi connectivity index (χ0) is 16.0. The van der Waals surface area contributed by atoms with Crippen molar-refractivity contribution in [3.05, 3.63) is 29.8 Å². The van der Waals surface area contributed by atoms with Crippen LogP contribution in [0.15, 0.2) is 24.3 Å². The molecule has 124 valence electrons. The molecule has 0 spiro atoms. The summed E-state index contributed by atoms with van der Waals surface area (Å²) in [6.07, 6.45) is -3.38. The minimum atomic E-state index is -4.69. The van der Waals surface area contributed by atoms with Gasteiger partial charge in [0.05, 0.1) is 0 Å². The lowest BCUT2D eigenvalue weighted by Gasteiger charge is -2.35. The van der Waals surface area contributed by atoms with Crippen LogP contribution in [0.25, 0.3) is 0 Å². The number of alkyl halides is 3. The first-order chi connectivity index (χ1) is 10.5. The van der Waals surface area contributed by atoms with E-state index in [1.165, 1.54) is 12.1 Å². The average molecular weight is 318 g/mol. The van der Waals surface area contributed by atoms with Gasteiger partial charge in [0.25, 0.3) is 0 Å².